The van der Waals surface area contributed by atoms with Gasteiger partial charge in [-0.1, -0.05) is 60.7 Å². The van der Waals surface area contributed by atoms with Crippen LogP contribution >= 0.6 is 0 Å². The molecule has 0 saturated heterocycles. The zero-order valence-electron chi connectivity index (χ0n) is 15.6. The van der Waals surface area contributed by atoms with Gasteiger partial charge < -0.3 is 15.2 Å². The first-order valence-corrected chi connectivity index (χ1v) is 9.08. The highest BCUT2D eigenvalue weighted by molar-refractivity contribution is 5.67. The number of benzene rings is 2. The molecule has 1 saturated carbocycles. The molecule has 0 unspecified atom stereocenters. The van der Waals surface area contributed by atoms with Crippen LogP contribution in [0.3, 0.4) is 0 Å². The van der Waals surface area contributed by atoms with Crippen molar-refractivity contribution >= 4 is 6.09 Å². The fourth-order valence-corrected chi connectivity index (χ4v) is 3.65. The lowest BCUT2D eigenvalue weighted by atomic mass is 9.84. The van der Waals surface area contributed by atoms with Crippen molar-refractivity contribution in [3.63, 3.8) is 0 Å². The maximum Gasteiger partial charge on any atom is 0.407 e. The summed E-state index contributed by atoms with van der Waals surface area (Å²) in [5.41, 5.74) is 1.11. The summed E-state index contributed by atoms with van der Waals surface area (Å²) in [6.07, 6.45) is -0.208. The predicted molar refractivity (Wildman–Crippen MR) is 102 cm³/mol. The number of amides is 1. The van der Waals surface area contributed by atoms with E-state index in [4.69, 9.17) is 4.74 Å². The number of aliphatic hydroxyl groups is 1. The van der Waals surface area contributed by atoms with Gasteiger partial charge in [0.05, 0.1) is 6.10 Å². The number of hydrogen-bond acceptors (Lipinski definition) is 3. The molecule has 1 fully saturated rings. The fourth-order valence-electron chi connectivity index (χ4n) is 3.65. The maximum atomic E-state index is 12.0. The van der Waals surface area contributed by atoms with Gasteiger partial charge in [0.15, 0.2) is 0 Å². The Kier molecular flexibility index (Phi) is 5.05. The first kappa shape index (κ1) is 18.5. The Morgan fingerprint density at radius 1 is 1.15 bits per heavy atom. The number of aliphatic hydroxyl groups excluding tert-OH is 1. The normalized spacial score (nSPS) is 23.2. The summed E-state index contributed by atoms with van der Waals surface area (Å²) in [4.78, 5) is 12.0. The molecule has 0 spiro atoms. The molecule has 26 heavy (non-hydrogen) atoms. The number of ether oxygens (including phenoxy) is 1. The van der Waals surface area contributed by atoms with Crippen LogP contribution in [0.4, 0.5) is 4.79 Å². The third-order valence-electron chi connectivity index (χ3n) is 4.96. The van der Waals surface area contributed by atoms with Crippen molar-refractivity contribution in [3.05, 3.63) is 71.8 Å². The number of carbonyl (C=O) groups excluding carboxylic acids is 1. The first-order chi connectivity index (χ1) is 12.3. The fraction of sp³-hybridized carbons (Fsp3) is 0.409. The molecule has 3 atom stereocenters. The number of hydrogen-bond donors (Lipinski definition) is 2. The van der Waals surface area contributed by atoms with Gasteiger partial charge in [0, 0.05) is 12.0 Å². The molecular weight excluding hydrogens is 326 g/mol. The second-order valence-electron chi connectivity index (χ2n) is 8.00. The van der Waals surface area contributed by atoms with Crippen LogP contribution in [0.5, 0.6) is 0 Å². The Balaban J connectivity index is 1.77. The zero-order chi connectivity index (χ0) is 18.8. The highest BCUT2D eigenvalue weighted by atomic mass is 16.6. The van der Waals surface area contributed by atoms with Crippen LogP contribution in [-0.2, 0) is 10.2 Å². The second kappa shape index (κ2) is 7.12. The summed E-state index contributed by atoms with van der Waals surface area (Å²) < 4.78 is 5.32. The minimum Gasteiger partial charge on any atom is -0.444 e. The molecule has 0 aliphatic heterocycles. The molecule has 4 nitrogen and oxygen atoms in total. The summed E-state index contributed by atoms with van der Waals surface area (Å²) in [6.45, 7) is 6.01. The standard InChI is InChI=1S/C22H27NO3/c1-21(2,3)26-20(25)23-15-18-14-22(18,17-12-8-5-9-13-17)19(24)16-10-6-4-7-11-16/h4-13,18-19,24H,14-15H2,1-3H3,(H,23,25)/t18-,19+,22+/m0/s1. The number of rotatable bonds is 5. The SMILES string of the molecule is CC(C)(C)OC(=O)NC[C@@H]1C[C@]1(c1ccccc1)[C@H](O)c1ccccc1. The molecule has 0 heterocycles. The molecule has 1 aliphatic rings. The Labute approximate surface area is 155 Å². The van der Waals surface area contributed by atoms with Crippen LogP contribution < -0.4 is 5.32 Å². The van der Waals surface area contributed by atoms with Crippen molar-refractivity contribution in [3.8, 4) is 0 Å². The van der Waals surface area contributed by atoms with E-state index in [9.17, 15) is 9.90 Å². The lowest BCUT2D eigenvalue weighted by molar-refractivity contribution is 0.0519. The number of nitrogens with one attached hydrogen (secondary N) is 1. The summed E-state index contributed by atoms with van der Waals surface area (Å²) in [5, 5.41) is 14.0. The van der Waals surface area contributed by atoms with Crippen molar-refractivity contribution in [2.24, 2.45) is 5.92 Å². The third-order valence-corrected chi connectivity index (χ3v) is 4.96. The van der Waals surface area contributed by atoms with Gasteiger partial charge in [-0.15, -0.1) is 0 Å². The Hall–Kier alpha value is -2.33. The van der Waals surface area contributed by atoms with Crippen LogP contribution in [0, 0.1) is 5.92 Å². The van der Waals surface area contributed by atoms with E-state index in [0.717, 1.165) is 17.5 Å². The molecule has 1 aliphatic carbocycles. The van der Waals surface area contributed by atoms with Crippen LogP contribution in [0.15, 0.2) is 60.7 Å². The van der Waals surface area contributed by atoms with E-state index < -0.39 is 17.8 Å². The molecule has 2 aromatic rings. The molecule has 0 bridgehead atoms. The Bertz CT molecular complexity index is 739. The summed E-state index contributed by atoms with van der Waals surface area (Å²) in [6, 6.07) is 19.8. The summed E-state index contributed by atoms with van der Waals surface area (Å²) in [7, 11) is 0. The molecule has 0 radical (unpaired) electrons. The second-order valence-corrected chi connectivity index (χ2v) is 8.00. The lowest BCUT2D eigenvalue weighted by Gasteiger charge is -2.26. The van der Waals surface area contributed by atoms with Crippen molar-refractivity contribution in [1.82, 2.24) is 5.32 Å². The monoisotopic (exact) mass is 353 g/mol. The van der Waals surface area contributed by atoms with Gasteiger partial charge in [-0.25, -0.2) is 4.79 Å². The van der Waals surface area contributed by atoms with E-state index >= 15 is 0 Å². The highest BCUT2D eigenvalue weighted by Crippen LogP contribution is 2.61. The van der Waals surface area contributed by atoms with Crippen LogP contribution in [-0.4, -0.2) is 23.3 Å². The van der Waals surface area contributed by atoms with E-state index in [-0.39, 0.29) is 11.3 Å². The summed E-state index contributed by atoms with van der Waals surface area (Å²) >= 11 is 0. The molecule has 0 aromatic heterocycles. The largest absolute Gasteiger partial charge is 0.444 e. The van der Waals surface area contributed by atoms with Crippen molar-refractivity contribution in [2.45, 2.75) is 44.3 Å². The quantitative estimate of drug-likeness (QED) is 0.847. The van der Waals surface area contributed by atoms with Crippen molar-refractivity contribution in [1.29, 1.82) is 0 Å². The smallest absolute Gasteiger partial charge is 0.407 e. The molecule has 1 amide bonds. The minimum atomic E-state index is -0.614. The highest BCUT2D eigenvalue weighted by Gasteiger charge is 2.60. The summed E-state index contributed by atoms with van der Waals surface area (Å²) in [5.74, 6) is 0.160. The van der Waals surface area contributed by atoms with Gasteiger partial charge in [-0.3, -0.25) is 0 Å². The topological polar surface area (TPSA) is 58.6 Å². The van der Waals surface area contributed by atoms with E-state index in [1.54, 1.807) is 0 Å². The zero-order valence-corrected chi connectivity index (χ0v) is 15.6. The van der Waals surface area contributed by atoms with Gasteiger partial charge in [0.25, 0.3) is 0 Å². The molecule has 3 rings (SSSR count). The van der Waals surface area contributed by atoms with Crippen LogP contribution in [0.2, 0.25) is 0 Å². The van der Waals surface area contributed by atoms with Gasteiger partial charge in [-0.05, 0) is 44.2 Å². The van der Waals surface area contributed by atoms with E-state index in [0.29, 0.717) is 6.54 Å². The maximum absolute atomic E-state index is 12.0. The van der Waals surface area contributed by atoms with E-state index in [1.165, 1.54) is 0 Å². The van der Waals surface area contributed by atoms with Gasteiger partial charge in [-0.2, -0.15) is 0 Å². The lowest BCUT2D eigenvalue weighted by Crippen LogP contribution is -2.35. The van der Waals surface area contributed by atoms with Crippen molar-refractivity contribution in [2.75, 3.05) is 6.54 Å². The van der Waals surface area contributed by atoms with Gasteiger partial charge in [0.1, 0.15) is 5.60 Å². The van der Waals surface area contributed by atoms with Gasteiger partial charge >= 0.3 is 6.09 Å². The predicted octanol–water partition coefficient (Wildman–Crippen LogP) is 4.20. The molecule has 2 aromatic carbocycles. The van der Waals surface area contributed by atoms with E-state index in [1.807, 2.05) is 69.3 Å². The minimum absolute atomic E-state index is 0.160. The Morgan fingerprint density at radius 3 is 2.31 bits per heavy atom. The average Bonchev–Trinajstić information content (AvgIpc) is 3.35. The van der Waals surface area contributed by atoms with E-state index in [2.05, 4.69) is 17.4 Å². The third kappa shape index (κ3) is 3.91. The molecular formula is C22H27NO3. The molecule has 4 heteroatoms. The van der Waals surface area contributed by atoms with Gasteiger partial charge in [0.2, 0.25) is 0 Å². The number of carbonyl (C=O) groups is 1. The van der Waals surface area contributed by atoms with Crippen LogP contribution in [0.25, 0.3) is 0 Å². The van der Waals surface area contributed by atoms with Crippen LogP contribution in [0.1, 0.15) is 44.4 Å². The molecule has 138 valence electrons. The average molecular weight is 353 g/mol. The Morgan fingerprint density at radius 2 is 1.73 bits per heavy atom. The molecule has 2 N–H and O–H groups in total. The first-order valence-electron chi connectivity index (χ1n) is 9.08. The number of alkyl carbamates (subject to hydrolysis) is 1. The van der Waals surface area contributed by atoms with Crippen molar-refractivity contribution < 1.29 is 14.6 Å².